The summed E-state index contributed by atoms with van der Waals surface area (Å²) in [7, 11) is 1.54. The van der Waals surface area contributed by atoms with Gasteiger partial charge in [0.25, 0.3) is 0 Å². The van der Waals surface area contributed by atoms with Crippen LogP contribution in [0, 0.1) is 0 Å². The van der Waals surface area contributed by atoms with Crippen LogP contribution in [0.15, 0.2) is 6.07 Å². The van der Waals surface area contributed by atoms with Crippen LogP contribution in [0.3, 0.4) is 0 Å². The van der Waals surface area contributed by atoms with Crippen LogP contribution in [0.1, 0.15) is 17.3 Å². The van der Waals surface area contributed by atoms with Crippen LogP contribution in [0.5, 0.6) is 5.75 Å². The number of carbonyl (C=O) groups is 1. The van der Waals surface area contributed by atoms with Gasteiger partial charge in [0.1, 0.15) is 17.2 Å². The molecule has 1 aromatic carbocycles. The Balaban J connectivity index is 3.11. The van der Waals surface area contributed by atoms with E-state index in [-0.39, 0.29) is 40.3 Å². The van der Waals surface area contributed by atoms with Crippen LogP contribution in [0.4, 0.5) is 5.69 Å². The van der Waals surface area contributed by atoms with Crippen molar-refractivity contribution in [3.05, 3.63) is 21.7 Å². The Kier molecular flexibility index (Phi) is 6.21. The van der Waals surface area contributed by atoms with E-state index in [1.807, 2.05) is 0 Å². The SMILES string of the molecule is CCOC(=O)c1c(N)cc(Cl)c(OCCOC)c1Cl. The predicted molar refractivity (Wildman–Crippen MR) is 74.2 cm³/mol. The van der Waals surface area contributed by atoms with Gasteiger partial charge in [-0.15, -0.1) is 0 Å². The molecule has 0 aromatic heterocycles. The third-order valence-corrected chi connectivity index (χ3v) is 2.86. The summed E-state index contributed by atoms with van der Waals surface area (Å²) < 4.78 is 15.1. The van der Waals surface area contributed by atoms with E-state index in [1.54, 1.807) is 14.0 Å². The molecule has 0 unspecified atom stereocenters. The second-order valence-electron chi connectivity index (χ2n) is 3.53. The molecule has 19 heavy (non-hydrogen) atoms. The normalized spacial score (nSPS) is 10.3. The van der Waals surface area contributed by atoms with Gasteiger partial charge < -0.3 is 19.9 Å². The Hall–Kier alpha value is -1.17. The fourth-order valence-electron chi connectivity index (χ4n) is 1.39. The summed E-state index contributed by atoms with van der Waals surface area (Å²) in [5.74, 6) is -0.420. The van der Waals surface area contributed by atoms with Crippen molar-refractivity contribution < 1.29 is 19.0 Å². The third kappa shape index (κ3) is 3.89. The number of methoxy groups -OCH3 is 1. The van der Waals surface area contributed by atoms with Crippen LogP contribution in [0.25, 0.3) is 0 Å². The first-order valence-corrected chi connectivity index (χ1v) is 6.34. The molecule has 1 aromatic rings. The van der Waals surface area contributed by atoms with Gasteiger partial charge >= 0.3 is 5.97 Å². The summed E-state index contributed by atoms with van der Waals surface area (Å²) in [5.41, 5.74) is 5.93. The summed E-state index contributed by atoms with van der Waals surface area (Å²) in [6, 6.07) is 1.40. The van der Waals surface area contributed by atoms with Crippen molar-refractivity contribution in [2.24, 2.45) is 0 Å². The minimum atomic E-state index is -0.613. The van der Waals surface area contributed by atoms with Gasteiger partial charge in [-0.05, 0) is 13.0 Å². The molecule has 0 aliphatic heterocycles. The molecule has 0 radical (unpaired) electrons. The molecule has 0 aliphatic carbocycles. The number of nitrogen functional groups attached to an aromatic ring is 1. The molecule has 5 nitrogen and oxygen atoms in total. The van der Waals surface area contributed by atoms with Crippen molar-refractivity contribution in [3.63, 3.8) is 0 Å². The lowest BCUT2D eigenvalue weighted by atomic mass is 10.1. The molecular formula is C12H15Cl2NO4. The number of halogens is 2. The largest absolute Gasteiger partial charge is 0.488 e. The molecule has 2 N–H and O–H groups in total. The standard InChI is InChI=1S/C12H15Cl2NO4/c1-3-18-12(16)9-8(15)6-7(13)11(10(9)14)19-5-4-17-2/h6H,3-5,15H2,1-2H3. The van der Waals surface area contributed by atoms with Gasteiger partial charge in [0, 0.05) is 12.8 Å². The second kappa shape index (κ2) is 7.43. The quantitative estimate of drug-likeness (QED) is 0.497. The maximum Gasteiger partial charge on any atom is 0.341 e. The lowest BCUT2D eigenvalue weighted by Crippen LogP contribution is -2.11. The van der Waals surface area contributed by atoms with Crippen molar-refractivity contribution in [2.45, 2.75) is 6.92 Å². The Labute approximate surface area is 121 Å². The number of hydrogen-bond donors (Lipinski definition) is 1. The first kappa shape index (κ1) is 15.9. The maximum absolute atomic E-state index is 11.8. The average molecular weight is 308 g/mol. The summed E-state index contributed by atoms with van der Waals surface area (Å²) in [6.45, 7) is 2.53. The van der Waals surface area contributed by atoms with Crippen molar-refractivity contribution in [1.29, 1.82) is 0 Å². The van der Waals surface area contributed by atoms with E-state index in [2.05, 4.69) is 0 Å². The number of carbonyl (C=O) groups excluding carboxylic acids is 1. The molecule has 0 fully saturated rings. The van der Waals surface area contributed by atoms with Gasteiger partial charge in [0.15, 0.2) is 5.75 Å². The van der Waals surface area contributed by atoms with Crippen molar-refractivity contribution in [1.82, 2.24) is 0 Å². The fourth-order valence-corrected chi connectivity index (χ4v) is 2.05. The second-order valence-corrected chi connectivity index (χ2v) is 4.31. The average Bonchev–Trinajstić information content (AvgIpc) is 2.33. The van der Waals surface area contributed by atoms with Gasteiger partial charge in [-0.2, -0.15) is 0 Å². The minimum absolute atomic E-state index is 0.0413. The van der Waals surface area contributed by atoms with Crippen LogP contribution >= 0.6 is 23.2 Å². The number of nitrogens with two attached hydrogens (primary N) is 1. The Morgan fingerprint density at radius 1 is 1.37 bits per heavy atom. The van der Waals surface area contributed by atoms with Gasteiger partial charge in [-0.3, -0.25) is 0 Å². The molecule has 0 amide bonds. The summed E-state index contributed by atoms with van der Waals surface area (Å²) >= 11 is 12.1. The van der Waals surface area contributed by atoms with Gasteiger partial charge in [0.2, 0.25) is 0 Å². The zero-order valence-corrected chi connectivity index (χ0v) is 12.2. The molecule has 0 spiro atoms. The Bertz CT molecular complexity index is 466. The Morgan fingerprint density at radius 2 is 2.05 bits per heavy atom. The highest BCUT2D eigenvalue weighted by Crippen LogP contribution is 2.39. The van der Waals surface area contributed by atoms with E-state index in [1.165, 1.54) is 6.07 Å². The van der Waals surface area contributed by atoms with E-state index < -0.39 is 5.97 Å². The van der Waals surface area contributed by atoms with Crippen molar-refractivity contribution >= 4 is 34.9 Å². The summed E-state index contributed by atoms with van der Waals surface area (Å²) in [5, 5.41) is 0.270. The molecule has 0 atom stereocenters. The zero-order chi connectivity index (χ0) is 14.4. The summed E-state index contributed by atoms with van der Waals surface area (Å²) in [6.07, 6.45) is 0. The van der Waals surface area contributed by atoms with Crippen LogP contribution in [-0.4, -0.2) is 32.9 Å². The van der Waals surface area contributed by atoms with E-state index >= 15 is 0 Å². The highest BCUT2D eigenvalue weighted by atomic mass is 35.5. The monoisotopic (exact) mass is 307 g/mol. The highest BCUT2D eigenvalue weighted by Gasteiger charge is 2.22. The lowest BCUT2D eigenvalue weighted by molar-refractivity contribution is 0.0527. The first-order chi connectivity index (χ1) is 9.02. The molecular weight excluding hydrogens is 293 g/mol. The first-order valence-electron chi connectivity index (χ1n) is 5.59. The van der Waals surface area contributed by atoms with Crippen LogP contribution < -0.4 is 10.5 Å². The summed E-state index contributed by atoms with van der Waals surface area (Å²) in [4.78, 5) is 11.8. The highest BCUT2D eigenvalue weighted by molar-refractivity contribution is 6.40. The van der Waals surface area contributed by atoms with E-state index in [0.717, 1.165) is 0 Å². The lowest BCUT2D eigenvalue weighted by Gasteiger charge is -2.14. The zero-order valence-electron chi connectivity index (χ0n) is 10.7. The minimum Gasteiger partial charge on any atom is -0.488 e. The number of benzene rings is 1. The van der Waals surface area contributed by atoms with E-state index in [9.17, 15) is 4.79 Å². The van der Waals surface area contributed by atoms with Gasteiger partial charge in [-0.1, -0.05) is 23.2 Å². The fraction of sp³-hybridized carbons (Fsp3) is 0.417. The molecule has 0 saturated heterocycles. The number of rotatable bonds is 6. The number of esters is 1. The third-order valence-electron chi connectivity index (χ3n) is 2.22. The van der Waals surface area contributed by atoms with Gasteiger partial charge in [0.05, 0.1) is 18.2 Å². The van der Waals surface area contributed by atoms with E-state index in [0.29, 0.717) is 6.61 Å². The molecule has 106 valence electrons. The smallest absolute Gasteiger partial charge is 0.341 e. The maximum atomic E-state index is 11.8. The predicted octanol–water partition coefficient (Wildman–Crippen LogP) is 2.78. The Morgan fingerprint density at radius 3 is 2.63 bits per heavy atom. The molecule has 1 rings (SSSR count). The number of ether oxygens (including phenoxy) is 3. The van der Waals surface area contributed by atoms with Gasteiger partial charge in [-0.25, -0.2) is 4.79 Å². The molecule has 0 bridgehead atoms. The molecule has 7 heteroatoms. The molecule has 0 aliphatic rings. The number of anilines is 1. The van der Waals surface area contributed by atoms with Crippen molar-refractivity contribution in [3.8, 4) is 5.75 Å². The number of hydrogen-bond acceptors (Lipinski definition) is 5. The molecule has 0 saturated carbocycles. The van der Waals surface area contributed by atoms with E-state index in [4.69, 9.17) is 43.1 Å². The molecule has 0 heterocycles. The van der Waals surface area contributed by atoms with Crippen molar-refractivity contribution in [2.75, 3.05) is 32.7 Å². The van der Waals surface area contributed by atoms with Crippen LogP contribution in [0.2, 0.25) is 10.0 Å². The van der Waals surface area contributed by atoms with Crippen LogP contribution in [-0.2, 0) is 9.47 Å². The topological polar surface area (TPSA) is 70.8 Å².